The van der Waals surface area contributed by atoms with Crippen LogP contribution in [0.1, 0.15) is 51.0 Å². The highest BCUT2D eigenvalue weighted by Crippen LogP contribution is 2.33. The van der Waals surface area contributed by atoms with Crippen molar-refractivity contribution in [2.24, 2.45) is 0 Å². The van der Waals surface area contributed by atoms with Crippen LogP contribution in [0, 0.1) is 0 Å². The van der Waals surface area contributed by atoms with Crippen molar-refractivity contribution >= 4 is 29.0 Å². The Balaban J connectivity index is 1.57. The molecule has 31 heavy (non-hydrogen) atoms. The largest absolute Gasteiger partial charge is 0.374 e. The summed E-state index contributed by atoms with van der Waals surface area (Å²) in [6.07, 6.45) is 4.20. The summed E-state index contributed by atoms with van der Waals surface area (Å²) in [4.78, 5) is 42.6. The maximum Gasteiger partial charge on any atom is 0.249 e. The van der Waals surface area contributed by atoms with E-state index in [9.17, 15) is 23.2 Å². The van der Waals surface area contributed by atoms with Crippen LogP contribution >= 0.6 is 0 Å². The molecule has 2 aliphatic rings. The number of carbonyl (C=O) groups is 3. The van der Waals surface area contributed by atoms with E-state index in [0.29, 0.717) is 30.6 Å². The van der Waals surface area contributed by atoms with Crippen molar-refractivity contribution in [3.8, 4) is 0 Å². The van der Waals surface area contributed by atoms with Gasteiger partial charge in [-0.1, -0.05) is 0 Å². The maximum absolute atomic E-state index is 13.3. The van der Waals surface area contributed by atoms with Gasteiger partial charge in [0.1, 0.15) is 6.04 Å². The van der Waals surface area contributed by atoms with Gasteiger partial charge in [0.2, 0.25) is 29.2 Å². The Morgan fingerprint density at radius 3 is 2.65 bits per heavy atom. The zero-order chi connectivity index (χ0) is 22.6. The lowest BCUT2D eigenvalue weighted by atomic mass is 9.92. The number of hydrogen-bond donors (Lipinski definition) is 3. The molecule has 8 nitrogen and oxygen atoms in total. The highest BCUT2D eigenvalue weighted by atomic mass is 19.3. The highest BCUT2D eigenvalue weighted by molar-refractivity contribution is 6.43. The number of nitrogens with two attached hydrogens (primary N) is 1. The molecule has 0 unspecified atom stereocenters. The monoisotopic (exact) mass is 436 g/mol. The van der Waals surface area contributed by atoms with Gasteiger partial charge < -0.3 is 15.5 Å². The summed E-state index contributed by atoms with van der Waals surface area (Å²) in [5, 5.41) is 11.6. The van der Waals surface area contributed by atoms with Gasteiger partial charge in [-0.3, -0.25) is 24.8 Å². The summed E-state index contributed by atoms with van der Waals surface area (Å²) in [5.74, 6) is -3.52. The van der Waals surface area contributed by atoms with E-state index in [1.165, 1.54) is 24.2 Å². The molecule has 1 aromatic heterocycles. The fourth-order valence-electron chi connectivity index (χ4n) is 4.05. The van der Waals surface area contributed by atoms with Crippen molar-refractivity contribution in [2.75, 3.05) is 18.4 Å². The Hall–Kier alpha value is -2.91. The fraction of sp³-hybridized carbons (Fsp3) is 0.571. The third-order valence-corrected chi connectivity index (χ3v) is 5.86. The number of carbonyl (C=O) groups excluding carboxylic acids is 3. The van der Waals surface area contributed by atoms with Crippen LogP contribution < -0.4 is 16.0 Å². The number of amides is 2. The lowest BCUT2D eigenvalue weighted by molar-refractivity contribution is -0.137. The molecule has 1 atom stereocenters. The number of nitrogens with zero attached hydrogens (tertiary/aromatic N) is 2. The van der Waals surface area contributed by atoms with E-state index in [-0.39, 0.29) is 61.6 Å². The van der Waals surface area contributed by atoms with E-state index in [2.05, 4.69) is 15.6 Å². The summed E-state index contributed by atoms with van der Waals surface area (Å²) in [6, 6.07) is 0.688. The van der Waals surface area contributed by atoms with E-state index in [0.717, 1.165) is 0 Å². The smallest absolute Gasteiger partial charge is 0.249 e. The Labute approximate surface area is 179 Å². The average Bonchev–Trinajstić information content (AvgIpc) is 3.23. The first-order valence-electron chi connectivity index (χ1n) is 10.5. The number of likely N-dealkylation sites (tertiary alicyclic amines) is 1. The van der Waals surface area contributed by atoms with Crippen molar-refractivity contribution in [1.82, 2.24) is 15.2 Å². The van der Waals surface area contributed by atoms with Gasteiger partial charge in [0.25, 0.3) is 0 Å². The van der Waals surface area contributed by atoms with Gasteiger partial charge in [0, 0.05) is 38.5 Å². The molecule has 4 N–H and O–H groups in total. The number of anilines is 1. The molecule has 10 heteroatoms. The number of nitrogens with one attached hydrogen (secondary N) is 2. The number of pyridine rings is 1. The van der Waals surface area contributed by atoms with E-state index < -0.39 is 12.0 Å². The van der Waals surface area contributed by atoms with Crippen LogP contribution in [0.3, 0.4) is 0 Å². The van der Waals surface area contributed by atoms with Crippen LogP contribution in [0.15, 0.2) is 18.5 Å². The molecule has 0 spiro atoms. The molecule has 1 saturated carbocycles. The number of hydrogen-bond acceptors (Lipinski definition) is 5. The molecule has 0 aromatic carbocycles. The highest BCUT2D eigenvalue weighted by Gasteiger charge is 2.38. The first-order valence-corrected chi connectivity index (χ1v) is 10.5. The third kappa shape index (κ3) is 5.62. The standard InChI is InChI=1S/C21H27F2N5O3/c1-13(29)19(24)15-6-9-25-11-16(15)26-12-18(30)28-10-2-3-17(28)20(31)27-14-4-7-21(22,23)8-5-14/h6,9,11,14,17,24,26H,2-5,7-8,10,12H2,1H3,(H,27,31)/p+1/t17-/m0/s1. The van der Waals surface area contributed by atoms with E-state index in [1.807, 2.05) is 0 Å². The molecule has 2 heterocycles. The van der Waals surface area contributed by atoms with Crippen molar-refractivity contribution in [2.45, 2.75) is 63.5 Å². The van der Waals surface area contributed by atoms with Crippen molar-refractivity contribution in [1.29, 1.82) is 0 Å². The van der Waals surface area contributed by atoms with Gasteiger partial charge >= 0.3 is 0 Å². The van der Waals surface area contributed by atoms with Gasteiger partial charge in [-0.2, -0.15) is 0 Å². The van der Waals surface area contributed by atoms with Crippen LogP contribution in [0.2, 0.25) is 0 Å². The second-order valence-corrected chi connectivity index (χ2v) is 8.13. The molecule has 1 aromatic rings. The van der Waals surface area contributed by atoms with Gasteiger partial charge in [-0.05, 0) is 31.7 Å². The van der Waals surface area contributed by atoms with Crippen molar-refractivity contribution in [3.05, 3.63) is 24.0 Å². The number of halogens is 2. The zero-order valence-corrected chi connectivity index (χ0v) is 17.5. The minimum atomic E-state index is -2.66. The zero-order valence-electron chi connectivity index (χ0n) is 17.5. The van der Waals surface area contributed by atoms with Gasteiger partial charge in [0.15, 0.2) is 0 Å². The number of aromatic nitrogens is 1. The van der Waals surface area contributed by atoms with Crippen molar-refractivity contribution in [3.63, 3.8) is 0 Å². The minimum absolute atomic E-state index is 0.0637. The molecule has 1 aliphatic carbocycles. The predicted octanol–water partition coefficient (Wildman–Crippen LogP) is 0.316. The fourth-order valence-corrected chi connectivity index (χ4v) is 4.05. The summed E-state index contributed by atoms with van der Waals surface area (Å²) in [6.45, 7) is 1.71. The Bertz CT molecular complexity index is 866. The molecular weight excluding hydrogens is 408 g/mol. The lowest BCUT2D eigenvalue weighted by Gasteiger charge is -2.31. The molecular formula is C21H28F2N5O3+. The van der Waals surface area contributed by atoms with Crippen LogP contribution in [-0.2, 0) is 14.4 Å². The van der Waals surface area contributed by atoms with E-state index >= 15 is 0 Å². The predicted molar refractivity (Wildman–Crippen MR) is 110 cm³/mol. The first-order chi connectivity index (χ1) is 14.7. The maximum atomic E-state index is 13.3. The van der Waals surface area contributed by atoms with E-state index in [4.69, 9.17) is 5.41 Å². The second kappa shape index (κ2) is 9.49. The summed E-state index contributed by atoms with van der Waals surface area (Å²) < 4.78 is 26.7. The molecule has 168 valence electrons. The Kier molecular flexibility index (Phi) is 6.97. The number of rotatable bonds is 7. The van der Waals surface area contributed by atoms with Crippen LogP contribution in [-0.4, -0.2) is 64.3 Å². The van der Waals surface area contributed by atoms with Crippen LogP contribution in [0.4, 0.5) is 14.5 Å². The molecule has 0 bridgehead atoms. The topological polar surface area (TPSA) is 117 Å². The average molecular weight is 436 g/mol. The number of ketones is 1. The Morgan fingerprint density at radius 1 is 1.26 bits per heavy atom. The first kappa shape index (κ1) is 22.8. The second-order valence-electron chi connectivity index (χ2n) is 8.13. The quantitative estimate of drug-likeness (QED) is 0.532. The summed E-state index contributed by atoms with van der Waals surface area (Å²) in [5.41, 5.74) is 0.973. The van der Waals surface area contributed by atoms with Gasteiger partial charge in [-0.15, -0.1) is 0 Å². The summed E-state index contributed by atoms with van der Waals surface area (Å²) >= 11 is 0. The van der Waals surface area contributed by atoms with Crippen molar-refractivity contribution < 1.29 is 28.6 Å². The van der Waals surface area contributed by atoms with Gasteiger partial charge in [-0.25, -0.2) is 8.78 Å². The molecule has 2 fully saturated rings. The lowest BCUT2D eigenvalue weighted by Crippen LogP contribution is -2.51. The minimum Gasteiger partial charge on any atom is -0.374 e. The van der Waals surface area contributed by atoms with E-state index in [1.54, 1.807) is 6.07 Å². The van der Waals surface area contributed by atoms with Crippen LogP contribution in [0.5, 0.6) is 0 Å². The SMILES string of the molecule is CC(=O)C(=[NH2+])c1ccncc1NCC(=O)N1CCC[C@H]1C(=O)NC1CCC(F)(F)CC1. The van der Waals surface area contributed by atoms with Gasteiger partial charge in [0.05, 0.1) is 24.0 Å². The third-order valence-electron chi connectivity index (χ3n) is 5.86. The molecule has 1 saturated heterocycles. The number of Topliss-reactive ketones (excluding diaryl/α,β-unsaturated/α-hetero) is 1. The molecule has 1 aliphatic heterocycles. The number of alkyl halides is 2. The molecule has 3 rings (SSSR count). The molecule has 0 radical (unpaired) electrons. The summed E-state index contributed by atoms with van der Waals surface area (Å²) in [7, 11) is 0. The van der Waals surface area contributed by atoms with Crippen LogP contribution in [0.25, 0.3) is 0 Å². The Morgan fingerprint density at radius 2 is 1.97 bits per heavy atom. The normalized spacial score (nSPS) is 20.9. The molecule has 2 amide bonds.